The van der Waals surface area contributed by atoms with E-state index in [0.29, 0.717) is 5.92 Å². The third-order valence-electron chi connectivity index (χ3n) is 3.36. The number of nitrogens with one attached hydrogen (secondary N) is 1. The zero-order chi connectivity index (χ0) is 14.1. The molecule has 0 saturated heterocycles. The Morgan fingerprint density at radius 3 is 2.65 bits per heavy atom. The first kappa shape index (κ1) is 13.4. The highest BCUT2D eigenvalue weighted by Gasteiger charge is 2.20. The van der Waals surface area contributed by atoms with Crippen molar-refractivity contribution in [3.63, 3.8) is 0 Å². The Kier molecular flexibility index (Phi) is 3.62. The van der Waals surface area contributed by atoms with E-state index in [9.17, 15) is 0 Å². The highest BCUT2D eigenvalue weighted by molar-refractivity contribution is 9.10. The summed E-state index contributed by atoms with van der Waals surface area (Å²) < 4.78 is 3.48. The molecule has 0 spiro atoms. The second kappa shape index (κ2) is 5.41. The number of aromatic amines is 1. The number of H-pyrrole nitrogens is 1. The number of benzene rings is 2. The number of rotatable bonds is 3. The number of halogens is 1. The molecule has 0 radical (unpaired) electrons. The molecule has 2 nitrogen and oxygen atoms in total. The highest BCUT2D eigenvalue weighted by atomic mass is 79.9. The van der Waals surface area contributed by atoms with E-state index >= 15 is 0 Å². The first-order valence-electron chi connectivity index (χ1n) is 6.91. The Labute approximate surface area is 127 Å². The van der Waals surface area contributed by atoms with Gasteiger partial charge in [0.2, 0.25) is 0 Å². The van der Waals surface area contributed by atoms with Crippen LogP contribution in [0.4, 0.5) is 0 Å². The molecule has 3 aromatic rings. The molecule has 0 bridgehead atoms. The molecule has 0 unspecified atom stereocenters. The van der Waals surface area contributed by atoms with Crippen molar-refractivity contribution in [1.29, 1.82) is 0 Å². The summed E-state index contributed by atoms with van der Waals surface area (Å²) in [7, 11) is 0. The van der Waals surface area contributed by atoms with Crippen LogP contribution in [0.2, 0.25) is 0 Å². The Balaban J connectivity index is 2.23. The summed E-state index contributed by atoms with van der Waals surface area (Å²) in [5.74, 6) is 1.77. The van der Waals surface area contributed by atoms with Crippen molar-refractivity contribution in [1.82, 2.24) is 4.98 Å². The van der Waals surface area contributed by atoms with Crippen molar-refractivity contribution in [2.75, 3.05) is 0 Å². The first-order valence-corrected chi connectivity index (χ1v) is 7.71. The van der Waals surface area contributed by atoms with Gasteiger partial charge in [-0.2, -0.15) is 0 Å². The van der Waals surface area contributed by atoms with Crippen molar-refractivity contribution in [2.45, 2.75) is 20.4 Å². The largest absolute Gasteiger partial charge is 0.287 e. The second-order valence-electron chi connectivity index (χ2n) is 5.51. The predicted molar refractivity (Wildman–Crippen MR) is 86.5 cm³/mol. The maximum absolute atomic E-state index is 3.56. The summed E-state index contributed by atoms with van der Waals surface area (Å²) in [4.78, 5) is 3.56. The molecule has 1 N–H and O–H groups in total. The molecular weight excluding hydrogens is 312 g/mol. The number of aromatic nitrogens is 2. The lowest BCUT2D eigenvalue weighted by molar-refractivity contribution is -0.666. The van der Waals surface area contributed by atoms with Gasteiger partial charge < -0.3 is 0 Å². The fourth-order valence-corrected chi connectivity index (χ4v) is 2.95. The molecule has 3 heteroatoms. The zero-order valence-electron chi connectivity index (χ0n) is 11.7. The van der Waals surface area contributed by atoms with Crippen molar-refractivity contribution in [3.05, 3.63) is 53.0 Å². The van der Waals surface area contributed by atoms with E-state index in [4.69, 9.17) is 0 Å². The second-order valence-corrected chi connectivity index (χ2v) is 6.42. The average molecular weight is 330 g/mol. The Hall–Kier alpha value is -1.61. The van der Waals surface area contributed by atoms with Crippen molar-refractivity contribution in [3.8, 4) is 11.4 Å². The van der Waals surface area contributed by atoms with Gasteiger partial charge in [0.05, 0.1) is 12.1 Å². The van der Waals surface area contributed by atoms with Crippen LogP contribution in [-0.2, 0) is 6.54 Å². The Morgan fingerprint density at radius 2 is 1.90 bits per heavy atom. The van der Waals surface area contributed by atoms with Gasteiger partial charge in [-0.15, -0.1) is 0 Å². The van der Waals surface area contributed by atoms with Gasteiger partial charge in [-0.25, -0.2) is 9.55 Å². The molecule has 20 heavy (non-hydrogen) atoms. The quantitative estimate of drug-likeness (QED) is 0.680. The summed E-state index contributed by atoms with van der Waals surface area (Å²) in [6, 6.07) is 16.9. The maximum atomic E-state index is 3.56. The molecule has 0 aliphatic rings. The van der Waals surface area contributed by atoms with E-state index in [-0.39, 0.29) is 0 Å². The van der Waals surface area contributed by atoms with Crippen LogP contribution in [0.1, 0.15) is 13.8 Å². The normalized spacial score (nSPS) is 11.4. The molecule has 0 aliphatic heterocycles. The molecule has 1 heterocycles. The fourth-order valence-electron chi connectivity index (χ4n) is 2.55. The minimum Gasteiger partial charge on any atom is -0.236 e. The smallest absolute Gasteiger partial charge is 0.236 e. The van der Waals surface area contributed by atoms with Crippen LogP contribution < -0.4 is 4.57 Å². The lowest BCUT2D eigenvalue weighted by Crippen LogP contribution is -2.37. The van der Waals surface area contributed by atoms with E-state index in [1.807, 2.05) is 0 Å². The summed E-state index contributed by atoms with van der Waals surface area (Å²) >= 11 is 3.56. The number of hydrogen-bond donors (Lipinski definition) is 1. The molecule has 2 aromatic carbocycles. The molecular formula is C17H18BrN2+. The molecule has 1 aromatic heterocycles. The molecule has 0 aliphatic carbocycles. The number of hydrogen-bond acceptors (Lipinski definition) is 0. The van der Waals surface area contributed by atoms with Crippen molar-refractivity contribution in [2.24, 2.45) is 5.92 Å². The summed E-state index contributed by atoms with van der Waals surface area (Å²) in [6.45, 7) is 5.50. The molecule has 0 atom stereocenters. The van der Waals surface area contributed by atoms with Gasteiger partial charge in [-0.05, 0) is 36.2 Å². The maximum Gasteiger partial charge on any atom is 0.287 e. The lowest BCUT2D eigenvalue weighted by Gasteiger charge is -2.05. The van der Waals surface area contributed by atoms with Crippen LogP contribution in [-0.4, -0.2) is 4.98 Å². The molecule has 0 saturated carbocycles. The molecule has 0 fully saturated rings. The van der Waals surface area contributed by atoms with E-state index in [1.165, 1.54) is 22.4 Å². The van der Waals surface area contributed by atoms with Gasteiger partial charge in [-0.3, -0.25) is 0 Å². The van der Waals surface area contributed by atoms with Gasteiger partial charge in [0.15, 0.2) is 11.0 Å². The van der Waals surface area contributed by atoms with E-state index in [0.717, 1.165) is 11.0 Å². The number of nitrogens with zero attached hydrogens (tertiary/aromatic N) is 1. The lowest BCUT2D eigenvalue weighted by atomic mass is 10.2. The third kappa shape index (κ3) is 2.50. The van der Waals surface area contributed by atoms with Crippen LogP contribution in [0.15, 0.2) is 53.0 Å². The number of imidazole rings is 1. The third-order valence-corrected chi connectivity index (χ3v) is 3.86. The van der Waals surface area contributed by atoms with Crippen LogP contribution >= 0.6 is 15.9 Å². The van der Waals surface area contributed by atoms with Crippen molar-refractivity contribution < 1.29 is 4.57 Å². The number of para-hydroxylation sites is 2. The van der Waals surface area contributed by atoms with Crippen molar-refractivity contribution >= 4 is 27.0 Å². The molecule has 0 amide bonds. The van der Waals surface area contributed by atoms with Crippen LogP contribution in [0.3, 0.4) is 0 Å². The summed E-state index contributed by atoms with van der Waals surface area (Å²) in [5, 5.41) is 0. The summed E-state index contributed by atoms with van der Waals surface area (Å²) in [5.41, 5.74) is 3.65. The number of fused-ring (bicyclic) bond motifs is 1. The fraction of sp³-hybridized carbons (Fsp3) is 0.235. The van der Waals surface area contributed by atoms with Crippen LogP contribution in [0.5, 0.6) is 0 Å². The zero-order valence-corrected chi connectivity index (χ0v) is 13.3. The topological polar surface area (TPSA) is 19.7 Å². The van der Waals surface area contributed by atoms with E-state index in [1.54, 1.807) is 0 Å². The Bertz CT molecular complexity index is 744. The van der Waals surface area contributed by atoms with E-state index < -0.39 is 0 Å². The monoisotopic (exact) mass is 329 g/mol. The van der Waals surface area contributed by atoms with Gasteiger partial charge in [0.1, 0.15) is 0 Å². The SMILES string of the molecule is CC(C)C[n+]1c(-c2cccc(Br)c2)[nH]c2ccccc21. The van der Waals surface area contributed by atoms with Gasteiger partial charge >= 0.3 is 0 Å². The van der Waals surface area contributed by atoms with Gasteiger partial charge in [0, 0.05) is 4.47 Å². The highest BCUT2D eigenvalue weighted by Crippen LogP contribution is 2.22. The minimum absolute atomic E-state index is 0.602. The van der Waals surface area contributed by atoms with E-state index in [2.05, 4.69) is 87.9 Å². The average Bonchev–Trinajstić information content (AvgIpc) is 2.77. The molecule has 3 rings (SSSR count). The predicted octanol–water partition coefficient (Wildman–Crippen LogP) is 4.54. The molecule has 102 valence electrons. The minimum atomic E-state index is 0.602. The summed E-state index contributed by atoms with van der Waals surface area (Å²) in [6.07, 6.45) is 0. The first-order chi connectivity index (χ1) is 9.65. The van der Waals surface area contributed by atoms with Gasteiger partial charge in [-0.1, -0.05) is 48.0 Å². The van der Waals surface area contributed by atoms with Gasteiger partial charge in [0.25, 0.3) is 5.82 Å². The Morgan fingerprint density at radius 1 is 1.10 bits per heavy atom. The van der Waals surface area contributed by atoms with Crippen LogP contribution in [0.25, 0.3) is 22.4 Å². The van der Waals surface area contributed by atoms with Crippen LogP contribution in [0, 0.1) is 5.92 Å². The standard InChI is InChI=1S/C17H17BrN2/c1-12(2)11-20-16-9-4-3-8-15(16)19-17(20)13-6-5-7-14(18)10-13/h3-10,12H,11H2,1-2H3/p+1.